The van der Waals surface area contributed by atoms with Gasteiger partial charge in [-0.1, -0.05) is 20.8 Å². The van der Waals surface area contributed by atoms with Gasteiger partial charge < -0.3 is 29.2 Å². The van der Waals surface area contributed by atoms with Crippen LogP contribution in [-0.4, -0.2) is 69.3 Å². The van der Waals surface area contributed by atoms with E-state index in [-0.39, 0.29) is 54.0 Å². The molecule has 0 spiro atoms. The van der Waals surface area contributed by atoms with Gasteiger partial charge in [-0.25, -0.2) is 0 Å². The van der Waals surface area contributed by atoms with Crippen LogP contribution in [-0.2, 0) is 33.3 Å². The van der Waals surface area contributed by atoms with Crippen LogP contribution in [0.3, 0.4) is 0 Å². The molecule has 8 atom stereocenters. The molecular formula is C28H42O9. The van der Waals surface area contributed by atoms with E-state index >= 15 is 0 Å². The molecule has 3 saturated heterocycles. The molecule has 208 valence electrons. The summed E-state index contributed by atoms with van der Waals surface area (Å²) in [5, 5.41) is 21.3. The van der Waals surface area contributed by atoms with Crippen molar-refractivity contribution in [2.75, 3.05) is 0 Å². The molecule has 0 radical (unpaired) electrons. The highest BCUT2D eigenvalue weighted by atomic mass is 16.7. The average Bonchev–Trinajstić information content (AvgIpc) is 3.41. The first-order valence-corrected chi connectivity index (χ1v) is 14.0. The van der Waals surface area contributed by atoms with E-state index < -0.39 is 28.3 Å². The van der Waals surface area contributed by atoms with Crippen LogP contribution >= 0.6 is 0 Å². The molecule has 0 aromatic heterocycles. The van der Waals surface area contributed by atoms with Crippen LogP contribution < -0.4 is 0 Å². The monoisotopic (exact) mass is 522 g/mol. The minimum absolute atomic E-state index is 0.123. The van der Waals surface area contributed by atoms with E-state index in [9.17, 15) is 24.6 Å². The van der Waals surface area contributed by atoms with Crippen molar-refractivity contribution in [2.24, 2.45) is 23.2 Å². The van der Waals surface area contributed by atoms with E-state index in [1.54, 1.807) is 0 Å². The highest BCUT2D eigenvalue weighted by Gasteiger charge is 2.66. The van der Waals surface area contributed by atoms with Crippen molar-refractivity contribution in [1.29, 1.82) is 0 Å². The van der Waals surface area contributed by atoms with E-state index in [0.717, 1.165) is 32.1 Å². The SMILES string of the molecule is CCC(C)(C)C(=O)OC12CC3CC(O)(CC(O)(C3)C1)C2.CCC(C)C(=O)OC1C2CC3C(=O)OC1C3O2. The zero-order valence-electron chi connectivity index (χ0n) is 22.7. The third-order valence-electron chi connectivity index (χ3n) is 9.75. The Morgan fingerprint density at radius 1 is 1.08 bits per heavy atom. The van der Waals surface area contributed by atoms with Gasteiger partial charge in [-0.05, 0) is 58.3 Å². The third-order valence-corrected chi connectivity index (χ3v) is 9.75. The van der Waals surface area contributed by atoms with Gasteiger partial charge in [-0.3, -0.25) is 14.4 Å². The van der Waals surface area contributed by atoms with Crippen molar-refractivity contribution >= 4 is 17.9 Å². The molecule has 7 rings (SSSR count). The number of rotatable bonds is 6. The molecule has 7 aliphatic rings. The maximum absolute atomic E-state index is 12.4. The molecule has 6 bridgehead atoms. The normalized spacial score (nSPS) is 45.2. The molecular weight excluding hydrogens is 480 g/mol. The summed E-state index contributed by atoms with van der Waals surface area (Å²) in [6, 6.07) is 0. The molecule has 7 fully saturated rings. The summed E-state index contributed by atoms with van der Waals surface area (Å²) >= 11 is 0. The van der Waals surface area contributed by atoms with Crippen LogP contribution in [0.2, 0.25) is 0 Å². The van der Waals surface area contributed by atoms with E-state index in [2.05, 4.69) is 0 Å². The largest absolute Gasteiger partial charge is 0.458 e. The number of aliphatic hydroxyl groups is 2. The summed E-state index contributed by atoms with van der Waals surface area (Å²) in [7, 11) is 0. The van der Waals surface area contributed by atoms with Gasteiger partial charge in [-0.2, -0.15) is 0 Å². The quantitative estimate of drug-likeness (QED) is 0.400. The van der Waals surface area contributed by atoms with Crippen LogP contribution in [0.5, 0.6) is 0 Å². The van der Waals surface area contributed by atoms with Crippen LogP contribution in [0.4, 0.5) is 0 Å². The van der Waals surface area contributed by atoms with Crippen LogP contribution in [0.15, 0.2) is 0 Å². The van der Waals surface area contributed by atoms with Crippen molar-refractivity contribution in [2.45, 2.75) is 134 Å². The number of carbonyl (C=O) groups is 3. The molecule has 9 heteroatoms. The molecule has 8 unspecified atom stereocenters. The van der Waals surface area contributed by atoms with Gasteiger partial charge in [0.05, 0.1) is 34.6 Å². The second-order valence-electron chi connectivity index (χ2n) is 13.4. The zero-order chi connectivity index (χ0) is 27.0. The van der Waals surface area contributed by atoms with Gasteiger partial charge in [0, 0.05) is 19.3 Å². The van der Waals surface area contributed by atoms with Crippen molar-refractivity contribution in [3.63, 3.8) is 0 Å². The van der Waals surface area contributed by atoms with Crippen molar-refractivity contribution in [3.05, 3.63) is 0 Å². The molecule has 9 nitrogen and oxygen atoms in total. The zero-order valence-corrected chi connectivity index (χ0v) is 22.7. The fraction of sp³-hybridized carbons (Fsp3) is 0.893. The standard InChI is InChI=1S/C16H26O4.C12H16O5/c1-4-13(2,3)12(17)20-16-7-11-5-14(18,9-16)8-15(19,6-11)10-16;1-3-5(2)11(13)16-9-7-4-6-8(15-7)10(9)17-12(6)14/h11,18-19H,4-10H2,1-3H3;5-10H,3-4H2,1-2H3. The summed E-state index contributed by atoms with van der Waals surface area (Å²) < 4.78 is 22.2. The Morgan fingerprint density at radius 2 is 1.73 bits per heavy atom. The lowest BCUT2D eigenvalue weighted by molar-refractivity contribution is -0.264. The highest BCUT2D eigenvalue weighted by Crippen LogP contribution is 2.60. The Bertz CT molecular complexity index is 941. The first-order valence-electron chi connectivity index (χ1n) is 14.0. The van der Waals surface area contributed by atoms with Gasteiger partial charge in [-0.15, -0.1) is 0 Å². The second kappa shape index (κ2) is 8.91. The van der Waals surface area contributed by atoms with Gasteiger partial charge in [0.2, 0.25) is 0 Å². The highest BCUT2D eigenvalue weighted by molar-refractivity contribution is 5.78. The molecule has 3 aliphatic heterocycles. The third kappa shape index (κ3) is 4.69. The maximum atomic E-state index is 12.4. The first kappa shape index (κ1) is 26.9. The summed E-state index contributed by atoms with van der Waals surface area (Å²) in [6.07, 6.45) is 4.66. The molecule has 0 amide bonds. The number of fused-ring (bicyclic) bond motifs is 1. The van der Waals surface area contributed by atoms with Crippen molar-refractivity contribution < 1.29 is 43.5 Å². The smallest absolute Gasteiger partial charge is 0.312 e. The average molecular weight is 523 g/mol. The molecule has 4 saturated carbocycles. The number of carbonyl (C=O) groups excluding carboxylic acids is 3. The lowest BCUT2D eigenvalue weighted by Crippen LogP contribution is -2.67. The fourth-order valence-electron chi connectivity index (χ4n) is 7.64. The van der Waals surface area contributed by atoms with Crippen LogP contribution in [0.1, 0.15) is 92.4 Å². The number of ether oxygens (including phenoxy) is 4. The maximum Gasteiger partial charge on any atom is 0.312 e. The minimum atomic E-state index is -0.842. The predicted octanol–water partition coefficient (Wildman–Crippen LogP) is 2.82. The molecule has 3 heterocycles. The Kier molecular flexibility index (Phi) is 6.48. The number of hydrogen-bond donors (Lipinski definition) is 2. The molecule has 0 aromatic rings. The van der Waals surface area contributed by atoms with Crippen molar-refractivity contribution in [3.8, 4) is 0 Å². The van der Waals surface area contributed by atoms with Crippen LogP contribution in [0.25, 0.3) is 0 Å². The van der Waals surface area contributed by atoms with E-state index in [4.69, 9.17) is 18.9 Å². The lowest BCUT2D eigenvalue weighted by Gasteiger charge is -2.62. The minimum Gasteiger partial charge on any atom is -0.458 e. The Labute approximate surface area is 218 Å². The molecule has 0 aromatic carbocycles. The summed E-state index contributed by atoms with van der Waals surface area (Å²) in [4.78, 5) is 35.6. The molecule has 4 aliphatic carbocycles. The van der Waals surface area contributed by atoms with Crippen molar-refractivity contribution in [1.82, 2.24) is 0 Å². The summed E-state index contributed by atoms with van der Waals surface area (Å²) in [6.45, 7) is 9.52. The number of hydrogen-bond acceptors (Lipinski definition) is 9. The Balaban J connectivity index is 0.000000153. The summed E-state index contributed by atoms with van der Waals surface area (Å²) in [5.74, 6) is -0.615. The molecule has 37 heavy (non-hydrogen) atoms. The Morgan fingerprint density at radius 3 is 2.30 bits per heavy atom. The van der Waals surface area contributed by atoms with Gasteiger partial charge in [0.25, 0.3) is 0 Å². The first-order chi connectivity index (χ1) is 17.2. The van der Waals surface area contributed by atoms with E-state index in [1.807, 2.05) is 34.6 Å². The van der Waals surface area contributed by atoms with Gasteiger partial charge in [0.1, 0.15) is 11.7 Å². The van der Waals surface area contributed by atoms with Gasteiger partial charge in [0.15, 0.2) is 12.2 Å². The molecule has 2 N–H and O–H groups in total. The lowest BCUT2D eigenvalue weighted by atomic mass is 9.50. The topological polar surface area (TPSA) is 129 Å². The van der Waals surface area contributed by atoms with E-state index in [1.165, 1.54) is 0 Å². The van der Waals surface area contributed by atoms with E-state index in [0.29, 0.717) is 25.7 Å². The number of esters is 3. The fourth-order valence-corrected chi connectivity index (χ4v) is 7.64. The Hall–Kier alpha value is -1.71. The van der Waals surface area contributed by atoms with Crippen LogP contribution in [0, 0.1) is 23.2 Å². The predicted molar refractivity (Wildman–Crippen MR) is 130 cm³/mol. The van der Waals surface area contributed by atoms with Gasteiger partial charge >= 0.3 is 17.9 Å². The second-order valence-corrected chi connectivity index (χ2v) is 13.4. The summed E-state index contributed by atoms with van der Waals surface area (Å²) in [5.41, 5.74) is -2.84.